The molecule has 1 amide bonds. The SMILES string of the molecule is Cl.Nc1ncc(CN2CCN(C(=O)CN3CCCC3)CC2)s1. The summed E-state index contributed by atoms with van der Waals surface area (Å²) in [6.45, 7) is 7.19. The van der Waals surface area contributed by atoms with Crippen LogP contribution in [0.25, 0.3) is 0 Å². The normalized spacial score (nSPS) is 20.1. The average molecular weight is 346 g/mol. The molecule has 0 aliphatic carbocycles. The smallest absolute Gasteiger partial charge is 0.236 e. The highest BCUT2D eigenvalue weighted by Gasteiger charge is 2.24. The van der Waals surface area contributed by atoms with E-state index in [9.17, 15) is 4.79 Å². The van der Waals surface area contributed by atoms with Gasteiger partial charge in [-0.15, -0.1) is 23.7 Å². The van der Waals surface area contributed by atoms with Gasteiger partial charge in [-0.05, 0) is 25.9 Å². The van der Waals surface area contributed by atoms with Crippen molar-refractivity contribution >= 4 is 34.8 Å². The maximum absolute atomic E-state index is 12.3. The van der Waals surface area contributed by atoms with Crippen LogP contribution in [0.4, 0.5) is 5.13 Å². The third kappa shape index (κ3) is 4.55. The predicted octanol–water partition coefficient (Wildman–Crippen LogP) is 0.887. The van der Waals surface area contributed by atoms with Crippen molar-refractivity contribution in [2.45, 2.75) is 19.4 Å². The Labute approximate surface area is 141 Å². The highest BCUT2D eigenvalue weighted by molar-refractivity contribution is 7.15. The van der Waals surface area contributed by atoms with Crippen LogP contribution in [0, 0.1) is 0 Å². The second kappa shape index (κ2) is 8.10. The van der Waals surface area contributed by atoms with Crippen molar-refractivity contribution in [3.63, 3.8) is 0 Å². The Hall–Kier alpha value is -0.890. The minimum atomic E-state index is 0. The first-order chi connectivity index (χ1) is 10.2. The Morgan fingerprint density at radius 2 is 1.82 bits per heavy atom. The van der Waals surface area contributed by atoms with Crippen LogP contribution in [0.2, 0.25) is 0 Å². The van der Waals surface area contributed by atoms with Crippen LogP contribution in [0.15, 0.2) is 6.20 Å². The van der Waals surface area contributed by atoms with Gasteiger partial charge >= 0.3 is 0 Å². The van der Waals surface area contributed by atoms with E-state index in [1.165, 1.54) is 17.7 Å². The predicted molar refractivity (Wildman–Crippen MR) is 91.3 cm³/mol. The molecule has 0 radical (unpaired) electrons. The first kappa shape index (κ1) is 17.5. The summed E-state index contributed by atoms with van der Waals surface area (Å²) in [5.41, 5.74) is 5.65. The molecule has 3 rings (SSSR count). The molecular weight excluding hydrogens is 322 g/mol. The second-order valence-corrected chi connectivity index (χ2v) is 6.95. The number of likely N-dealkylation sites (tertiary alicyclic amines) is 1. The largest absolute Gasteiger partial charge is 0.375 e. The number of nitrogens with two attached hydrogens (primary N) is 1. The van der Waals surface area contributed by atoms with Crippen LogP contribution in [0.3, 0.4) is 0 Å². The van der Waals surface area contributed by atoms with Crippen molar-refractivity contribution < 1.29 is 4.79 Å². The van der Waals surface area contributed by atoms with E-state index in [4.69, 9.17) is 5.73 Å². The number of halogens is 1. The standard InChI is InChI=1S/C14H23N5OS.ClH/c15-14-16-9-12(21-14)10-18-5-7-19(8-6-18)13(20)11-17-3-1-2-4-17;/h9H,1-8,10-11H2,(H2,15,16);1H. The molecule has 1 aromatic heterocycles. The Morgan fingerprint density at radius 1 is 1.14 bits per heavy atom. The van der Waals surface area contributed by atoms with Gasteiger partial charge in [-0.2, -0.15) is 0 Å². The molecule has 0 aromatic carbocycles. The van der Waals surface area contributed by atoms with Crippen LogP contribution in [-0.2, 0) is 11.3 Å². The van der Waals surface area contributed by atoms with Crippen LogP contribution >= 0.6 is 23.7 Å². The van der Waals surface area contributed by atoms with E-state index in [1.807, 2.05) is 11.1 Å². The molecule has 3 heterocycles. The summed E-state index contributed by atoms with van der Waals surface area (Å²) in [6, 6.07) is 0. The molecular formula is C14H24ClN5OS. The lowest BCUT2D eigenvalue weighted by atomic mass is 10.3. The number of piperazine rings is 1. The molecule has 2 fully saturated rings. The van der Waals surface area contributed by atoms with E-state index in [1.54, 1.807) is 11.3 Å². The number of hydrogen-bond donors (Lipinski definition) is 1. The molecule has 0 spiro atoms. The van der Waals surface area contributed by atoms with Gasteiger partial charge in [0.1, 0.15) is 0 Å². The molecule has 8 heteroatoms. The van der Waals surface area contributed by atoms with Gasteiger partial charge in [0.05, 0.1) is 6.54 Å². The molecule has 2 N–H and O–H groups in total. The lowest BCUT2D eigenvalue weighted by Crippen LogP contribution is -2.50. The minimum Gasteiger partial charge on any atom is -0.375 e. The number of nitrogen functional groups attached to an aromatic ring is 1. The van der Waals surface area contributed by atoms with Crippen LogP contribution in [-0.4, -0.2) is 71.4 Å². The Balaban J connectivity index is 0.00000176. The zero-order chi connectivity index (χ0) is 14.7. The number of amides is 1. The van der Waals surface area contributed by atoms with Crippen LogP contribution < -0.4 is 5.73 Å². The van der Waals surface area contributed by atoms with Crippen molar-refractivity contribution in [3.8, 4) is 0 Å². The minimum absolute atomic E-state index is 0. The first-order valence-electron chi connectivity index (χ1n) is 7.63. The fraction of sp³-hybridized carbons (Fsp3) is 0.714. The van der Waals surface area contributed by atoms with Gasteiger partial charge in [-0.25, -0.2) is 4.98 Å². The van der Waals surface area contributed by atoms with E-state index < -0.39 is 0 Å². The number of aromatic nitrogens is 1. The van der Waals surface area contributed by atoms with Crippen LogP contribution in [0.1, 0.15) is 17.7 Å². The molecule has 6 nitrogen and oxygen atoms in total. The van der Waals surface area contributed by atoms with Gasteiger partial charge in [0.2, 0.25) is 5.91 Å². The summed E-state index contributed by atoms with van der Waals surface area (Å²) < 4.78 is 0. The number of thiazole rings is 1. The third-order valence-corrected chi connectivity index (χ3v) is 5.04. The number of rotatable bonds is 4. The monoisotopic (exact) mass is 345 g/mol. The van der Waals surface area contributed by atoms with E-state index in [0.717, 1.165) is 45.8 Å². The van der Waals surface area contributed by atoms with E-state index in [0.29, 0.717) is 17.6 Å². The molecule has 22 heavy (non-hydrogen) atoms. The summed E-state index contributed by atoms with van der Waals surface area (Å²) in [5.74, 6) is 0.290. The van der Waals surface area contributed by atoms with Gasteiger partial charge in [-0.1, -0.05) is 0 Å². The quantitative estimate of drug-likeness (QED) is 0.877. The summed E-state index contributed by atoms with van der Waals surface area (Å²) in [6.07, 6.45) is 4.32. The molecule has 0 unspecified atom stereocenters. The van der Waals surface area contributed by atoms with E-state index in [2.05, 4.69) is 14.8 Å². The summed E-state index contributed by atoms with van der Waals surface area (Å²) >= 11 is 1.55. The number of nitrogens with zero attached hydrogens (tertiary/aromatic N) is 4. The molecule has 0 bridgehead atoms. The van der Waals surface area contributed by atoms with Gasteiger partial charge in [0, 0.05) is 43.8 Å². The molecule has 0 saturated carbocycles. The topological polar surface area (TPSA) is 65.7 Å². The van der Waals surface area contributed by atoms with Crippen molar-refractivity contribution in [2.24, 2.45) is 0 Å². The number of carbonyl (C=O) groups excluding carboxylic acids is 1. The van der Waals surface area contributed by atoms with Crippen molar-refractivity contribution in [3.05, 3.63) is 11.1 Å². The Morgan fingerprint density at radius 3 is 2.41 bits per heavy atom. The molecule has 2 aliphatic heterocycles. The van der Waals surface area contributed by atoms with E-state index >= 15 is 0 Å². The van der Waals surface area contributed by atoms with E-state index in [-0.39, 0.29) is 12.4 Å². The van der Waals surface area contributed by atoms with Gasteiger partial charge in [0.25, 0.3) is 0 Å². The molecule has 124 valence electrons. The maximum atomic E-state index is 12.3. The summed E-state index contributed by atoms with van der Waals surface area (Å²) in [4.78, 5) is 24.2. The van der Waals surface area contributed by atoms with Crippen LogP contribution in [0.5, 0.6) is 0 Å². The number of hydrogen-bond acceptors (Lipinski definition) is 6. The highest BCUT2D eigenvalue weighted by Crippen LogP contribution is 2.17. The fourth-order valence-corrected chi connectivity index (χ4v) is 3.73. The van der Waals surface area contributed by atoms with Gasteiger partial charge < -0.3 is 10.6 Å². The second-order valence-electron chi connectivity index (χ2n) is 5.81. The Bertz CT molecular complexity index is 483. The fourth-order valence-electron chi connectivity index (χ4n) is 3.00. The summed E-state index contributed by atoms with van der Waals surface area (Å²) in [5, 5.41) is 0.629. The first-order valence-corrected chi connectivity index (χ1v) is 8.45. The number of carbonyl (C=O) groups is 1. The van der Waals surface area contributed by atoms with Gasteiger partial charge in [0.15, 0.2) is 5.13 Å². The number of anilines is 1. The third-order valence-electron chi connectivity index (χ3n) is 4.23. The lowest BCUT2D eigenvalue weighted by Gasteiger charge is -2.35. The highest BCUT2D eigenvalue weighted by atomic mass is 35.5. The zero-order valence-electron chi connectivity index (χ0n) is 12.7. The molecule has 2 saturated heterocycles. The van der Waals surface area contributed by atoms with Gasteiger partial charge in [-0.3, -0.25) is 14.6 Å². The molecule has 2 aliphatic rings. The maximum Gasteiger partial charge on any atom is 0.236 e. The van der Waals surface area contributed by atoms with Crippen molar-refractivity contribution in [1.82, 2.24) is 19.7 Å². The van der Waals surface area contributed by atoms with Crippen molar-refractivity contribution in [2.75, 3.05) is 51.5 Å². The lowest BCUT2D eigenvalue weighted by molar-refractivity contribution is -0.134. The summed E-state index contributed by atoms with van der Waals surface area (Å²) in [7, 11) is 0. The average Bonchev–Trinajstić information content (AvgIpc) is 3.12. The van der Waals surface area contributed by atoms with Crippen molar-refractivity contribution in [1.29, 1.82) is 0 Å². The molecule has 1 aromatic rings. The zero-order valence-corrected chi connectivity index (χ0v) is 14.4. The Kier molecular flexibility index (Phi) is 6.43. The molecule has 0 atom stereocenters.